The Balaban J connectivity index is 2.40. The largest absolute Gasteiger partial charge is 0.388 e. The minimum Gasteiger partial charge on any atom is -0.388 e. The standard InChI is InChI=1S/C9H14O4/c1-9(2)12-6-8(13-9)4-3-7(11)5-10/h3-4,8,10H,5-6H2,1-2H3/b4-3+/t8-/m1/s1. The van der Waals surface area contributed by atoms with Gasteiger partial charge in [-0.1, -0.05) is 0 Å². The summed E-state index contributed by atoms with van der Waals surface area (Å²) in [6, 6.07) is 0. The molecule has 1 aliphatic rings. The molecule has 13 heavy (non-hydrogen) atoms. The fourth-order valence-corrected chi connectivity index (χ4v) is 1.08. The topological polar surface area (TPSA) is 55.8 Å². The number of hydrogen-bond acceptors (Lipinski definition) is 4. The van der Waals surface area contributed by atoms with Gasteiger partial charge in [0.05, 0.1) is 6.61 Å². The first-order chi connectivity index (χ1) is 6.03. The van der Waals surface area contributed by atoms with Crippen molar-refractivity contribution in [3.63, 3.8) is 0 Å². The van der Waals surface area contributed by atoms with E-state index >= 15 is 0 Å². The van der Waals surface area contributed by atoms with Gasteiger partial charge < -0.3 is 14.6 Å². The molecule has 4 nitrogen and oxygen atoms in total. The van der Waals surface area contributed by atoms with Crippen LogP contribution in [0.2, 0.25) is 0 Å². The smallest absolute Gasteiger partial charge is 0.180 e. The molecule has 0 aromatic heterocycles. The first-order valence-electron chi connectivity index (χ1n) is 4.17. The zero-order valence-corrected chi connectivity index (χ0v) is 7.82. The predicted octanol–water partition coefficient (Wildman–Crippen LogP) is 0.255. The van der Waals surface area contributed by atoms with Crippen LogP contribution >= 0.6 is 0 Å². The summed E-state index contributed by atoms with van der Waals surface area (Å²) in [5.74, 6) is -0.898. The summed E-state index contributed by atoms with van der Waals surface area (Å²) in [6.45, 7) is 3.61. The van der Waals surface area contributed by atoms with Crippen LogP contribution in [0.3, 0.4) is 0 Å². The Labute approximate surface area is 77.1 Å². The van der Waals surface area contributed by atoms with E-state index in [1.807, 2.05) is 13.8 Å². The van der Waals surface area contributed by atoms with E-state index in [-0.39, 0.29) is 11.9 Å². The lowest BCUT2D eigenvalue weighted by molar-refractivity contribution is -0.133. The quantitative estimate of drug-likeness (QED) is 0.642. The summed E-state index contributed by atoms with van der Waals surface area (Å²) in [4.78, 5) is 10.7. The van der Waals surface area contributed by atoms with Crippen LogP contribution in [0.25, 0.3) is 0 Å². The molecule has 0 aromatic carbocycles. The molecule has 4 heteroatoms. The van der Waals surface area contributed by atoms with Crippen LogP contribution in [0.4, 0.5) is 0 Å². The van der Waals surface area contributed by atoms with Gasteiger partial charge in [-0.2, -0.15) is 0 Å². The predicted molar refractivity (Wildman–Crippen MR) is 46.1 cm³/mol. The van der Waals surface area contributed by atoms with Gasteiger partial charge in [0.15, 0.2) is 11.6 Å². The van der Waals surface area contributed by atoms with Gasteiger partial charge in [0.25, 0.3) is 0 Å². The van der Waals surface area contributed by atoms with Crippen LogP contribution in [-0.2, 0) is 14.3 Å². The van der Waals surface area contributed by atoms with Crippen molar-refractivity contribution in [3.8, 4) is 0 Å². The van der Waals surface area contributed by atoms with Crippen molar-refractivity contribution < 1.29 is 19.4 Å². The summed E-state index contributed by atoms with van der Waals surface area (Å²) >= 11 is 0. The van der Waals surface area contributed by atoms with Crippen LogP contribution in [0.5, 0.6) is 0 Å². The highest BCUT2D eigenvalue weighted by atomic mass is 16.7. The fraction of sp³-hybridized carbons (Fsp3) is 0.667. The Morgan fingerprint density at radius 2 is 2.38 bits per heavy atom. The highest BCUT2D eigenvalue weighted by Crippen LogP contribution is 2.22. The molecule has 1 atom stereocenters. The molecule has 0 aromatic rings. The number of aliphatic hydroxyl groups excluding tert-OH is 1. The minimum atomic E-state index is -0.572. The van der Waals surface area contributed by atoms with E-state index in [9.17, 15) is 4.79 Å². The SMILES string of the molecule is CC1(C)OC[C@@H](/C=C/C(=O)CO)O1. The summed E-state index contributed by atoms with van der Waals surface area (Å²) in [5, 5.41) is 8.44. The lowest BCUT2D eigenvalue weighted by atomic mass is 10.3. The monoisotopic (exact) mass is 186 g/mol. The van der Waals surface area contributed by atoms with Crippen molar-refractivity contribution in [2.24, 2.45) is 0 Å². The molecule has 1 fully saturated rings. The van der Waals surface area contributed by atoms with Gasteiger partial charge in [-0.15, -0.1) is 0 Å². The average Bonchev–Trinajstić information content (AvgIpc) is 2.41. The number of ether oxygens (including phenoxy) is 2. The number of ketones is 1. The molecular weight excluding hydrogens is 172 g/mol. The number of hydrogen-bond donors (Lipinski definition) is 1. The normalized spacial score (nSPS) is 26.8. The van der Waals surface area contributed by atoms with Crippen molar-refractivity contribution in [2.45, 2.75) is 25.7 Å². The van der Waals surface area contributed by atoms with E-state index in [0.717, 1.165) is 0 Å². The fourth-order valence-electron chi connectivity index (χ4n) is 1.08. The maximum Gasteiger partial charge on any atom is 0.180 e. The maximum absolute atomic E-state index is 10.7. The second kappa shape index (κ2) is 4.00. The van der Waals surface area contributed by atoms with Gasteiger partial charge in [-0.3, -0.25) is 4.79 Å². The van der Waals surface area contributed by atoms with E-state index in [4.69, 9.17) is 14.6 Å². The zero-order valence-electron chi connectivity index (χ0n) is 7.82. The highest BCUT2D eigenvalue weighted by molar-refractivity contribution is 5.90. The van der Waals surface area contributed by atoms with E-state index in [1.54, 1.807) is 6.08 Å². The second-order valence-corrected chi connectivity index (χ2v) is 3.35. The van der Waals surface area contributed by atoms with Gasteiger partial charge in [0, 0.05) is 0 Å². The molecule has 0 saturated carbocycles. The number of aliphatic hydroxyl groups is 1. The highest BCUT2D eigenvalue weighted by Gasteiger charge is 2.30. The molecule has 0 amide bonds. The molecule has 74 valence electrons. The lowest BCUT2D eigenvalue weighted by Crippen LogP contribution is -2.20. The summed E-state index contributed by atoms with van der Waals surface area (Å²) in [5.41, 5.74) is 0. The van der Waals surface area contributed by atoms with Crippen molar-refractivity contribution in [1.29, 1.82) is 0 Å². The third-order valence-corrected chi connectivity index (χ3v) is 1.68. The van der Waals surface area contributed by atoms with E-state index < -0.39 is 12.4 Å². The van der Waals surface area contributed by atoms with Crippen molar-refractivity contribution >= 4 is 5.78 Å². The number of rotatable bonds is 3. The van der Waals surface area contributed by atoms with Gasteiger partial charge in [-0.25, -0.2) is 0 Å². The van der Waals surface area contributed by atoms with E-state index in [1.165, 1.54) is 6.08 Å². The molecule has 0 aliphatic carbocycles. The average molecular weight is 186 g/mol. The molecule has 0 radical (unpaired) electrons. The van der Waals surface area contributed by atoms with Crippen LogP contribution in [0, 0.1) is 0 Å². The first-order valence-corrected chi connectivity index (χ1v) is 4.17. The second-order valence-electron chi connectivity index (χ2n) is 3.35. The summed E-state index contributed by atoms with van der Waals surface area (Å²) < 4.78 is 10.7. The van der Waals surface area contributed by atoms with Crippen molar-refractivity contribution in [3.05, 3.63) is 12.2 Å². The molecule has 0 spiro atoms. The third kappa shape index (κ3) is 3.26. The van der Waals surface area contributed by atoms with Crippen molar-refractivity contribution in [2.75, 3.05) is 13.2 Å². The molecule has 0 bridgehead atoms. The Morgan fingerprint density at radius 3 is 2.85 bits per heavy atom. The van der Waals surface area contributed by atoms with Crippen LogP contribution in [0.1, 0.15) is 13.8 Å². The van der Waals surface area contributed by atoms with Gasteiger partial charge in [-0.05, 0) is 26.0 Å². The van der Waals surface area contributed by atoms with Gasteiger partial charge in [0.2, 0.25) is 0 Å². The first kappa shape index (κ1) is 10.4. The minimum absolute atomic E-state index is 0.189. The van der Waals surface area contributed by atoms with Gasteiger partial charge in [0.1, 0.15) is 12.7 Å². The molecule has 1 N–H and O–H groups in total. The Bertz CT molecular complexity index is 220. The van der Waals surface area contributed by atoms with Crippen LogP contribution in [0.15, 0.2) is 12.2 Å². The zero-order chi connectivity index (χ0) is 9.90. The molecule has 1 saturated heterocycles. The molecule has 1 aliphatic heterocycles. The Hall–Kier alpha value is -0.710. The van der Waals surface area contributed by atoms with E-state index in [2.05, 4.69) is 0 Å². The molecule has 0 unspecified atom stereocenters. The van der Waals surface area contributed by atoms with Gasteiger partial charge >= 0.3 is 0 Å². The molecule has 1 rings (SSSR count). The Kier molecular flexibility index (Phi) is 3.19. The number of carbonyl (C=O) groups is 1. The third-order valence-electron chi connectivity index (χ3n) is 1.68. The molecule has 1 heterocycles. The Morgan fingerprint density at radius 1 is 1.69 bits per heavy atom. The lowest BCUT2D eigenvalue weighted by Gasteiger charge is -2.15. The summed E-state index contributed by atoms with van der Waals surface area (Å²) in [6.07, 6.45) is 2.73. The summed E-state index contributed by atoms with van der Waals surface area (Å²) in [7, 11) is 0. The molecular formula is C9H14O4. The van der Waals surface area contributed by atoms with Crippen LogP contribution < -0.4 is 0 Å². The number of carbonyl (C=O) groups excluding carboxylic acids is 1. The van der Waals surface area contributed by atoms with Crippen molar-refractivity contribution in [1.82, 2.24) is 0 Å². The van der Waals surface area contributed by atoms with Crippen LogP contribution in [-0.4, -0.2) is 36.0 Å². The maximum atomic E-state index is 10.7. The van der Waals surface area contributed by atoms with E-state index in [0.29, 0.717) is 6.61 Å².